The first-order valence-electron chi connectivity index (χ1n) is 10.9. The average Bonchev–Trinajstić information content (AvgIpc) is 2.79. The Morgan fingerprint density at radius 3 is 2.19 bits per heavy atom. The zero-order chi connectivity index (χ0) is 25.6. The lowest BCUT2D eigenvalue weighted by Crippen LogP contribution is -2.37. The number of carbonyl (C=O) groups excluding carboxylic acids is 1. The van der Waals surface area contributed by atoms with Gasteiger partial charge in [0.1, 0.15) is 16.4 Å². The van der Waals surface area contributed by atoms with Crippen molar-refractivity contribution in [3.8, 4) is 11.5 Å². The Hall–Kier alpha value is -2.42. The summed E-state index contributed by atoms with van der Waals surface area (Å²) in [7, 11) is -7.49. The third-order valence-corrected chi connectivity index (χ3v) is 7.95. The van der Waals surface area contributed by atoms with Gasteiger partial charge in [0.15, 0.2) is 15.8 Å². The van der Waals surface area contributed by atoms with Gasteiger partial charge in [-0.25, -0.2) is 21.6 Å². The first kappa shape index (κ1) is 32.6. The number of nitrogens with two attached hydrogens (primary N) is 2. The van der Waals surface area contributed by atoms with Crippen molar-refractivity contribution in [2.45, 2.75) is 29.1 Å². The number of ether oxygens (including phenoxy) is 1. The van der Waals surface area contributed by atoms with Crippen LogP contribution < -0.4 is 20.9 Å². The highest BCUT2D eigenvalue weighted by Crippen LogP contribution is 2.30. The van der Waals surface area contributed by atoms with E-state index in [9.17, 15) is 21.6 Å². The molecule has 0 atom stereocenters. The van der Waals surface area contributed by atoms with Gasteiger partial charge in [0.25, 0.3) is 5.91 Å². The van der Waals surface area contributed by atoms with E-state index in [2.05, 4.69) is 14.6 Å². The number of nitrogens with one attached hydrogen (secondary N) is 1. The normalized spacial score (nSPS) is 14.1. The molecule has 0 bridgehead atoms. The molecule has 3 rings (SSSR count). The molecular formula is C22H31Cl2N5O6S2. The molecule has 37 heavy (non-hydrogen) atoms. The van der Waals surface area contributed by atoms with E-state index in [0.717, 1.165) is 38.3 Å². The van der Waals surface area contributed by atoms with Crippen LogP contribution in [0.25, 0.3) is 0 Å². The minimum atomic E-state index is -3.79. The van der Waals surface area contributed by atoms with Crippen LogP contribution in [0.5, 0.6) is 11.5 Å². The second kappa shape index (κ2) is 13.9. The van der Waals surface area contributed by atoms with Gasteiger partial charge in [0, 0.05) is 24.9 Å². The Morgan fingerprint density at radius 2 is 1.62 bits per heavy atom. The number of rotatable bonds is 9. The van der Waals surface area contributed by atoms with E-state index in [-0.39, 0.29) is 51.7 Å². The van der Waals surface area contributed by atoms with E-state index in [1.165, 1.54) is 42.8 Å². The second-order valence-corrected chi connectivity index (χ2v) is 11.9. The molecule has 1 aliphatic heterocycles. The number of benzene rings is 2. The molecule has 5 N–H and O–H groups in total. The molecule has 1 heterocycles. The van der Waals surface area contributed by atoms with E-state index < -0.39 is 31.7 Å². The molecule has 11 nitrogen and oxygen atoms in total. The van der Waals surface area contributed by atoms with E-state index in [4.69, 9.17) is 16.2 Å². The first-order chi connectivity index (χ1) is 16.5. The molecule has 1 amide bonds. The maximum atomic E-state index is 12.6. The number of hydrogen-bond donors (Lipinski definition) is 3. The molecule has 15 heteroatoms. The summed E-state index contributed by atoms with van der Waals surface area (Å²) in [4.78, 5) is 17.5. The lowest BCUT2D eigenvalue weighted by molar-refractivity contribution is 0.100. The third-order valence-electron chi connectivity index (χ3n) is 5.35. The molecule has 1 aliphatic rings. The van der Waals surface area contributed by atoms with Crippen molar-refractivity contribution in [1.29, 1.82) is 0 Å². The molecule has 0 aromatic heterocycles. The Bertz CT molecular complexity index is 1310. The Kier molecular flexibility index (Phi) is 12.3. The molecule has 0 saturated carbocycles. The largest absolute Gasteiger partial charge is 0.456 e. The van der Waals surface area contributed by atoms with Gasteiger partial charge in [-0.1, -0.05) is 6.42 Å². The SMILES string of the molecule is CS(=O)(=O)c1cc(C(=O)N=C(N)N)ccc1Oc1ccc(S(=O)(=O)NCCN2CCCCC2)cc1.Cl.Cl. The molecule has 206 valence electrons. The minimum Gasteiger partial charge on any atom is -0.456 e. The van der Waals surface area contributed by atoms with Gasteiger partial charge in [-0.3, -0.25) is 4.79 Å². The number of carbonyl (C=O) groups is 1. The molecule has 0 unspecified atom stereocenters. The predicted molar refractivity (Wildman–Crippen MR) is 146 cm³/mol. The zero-order valence-electron chi connectivity index (χ0n) is 20.1. The average molecular weight is 597 g/mol. The van der Waals surface area contributed by atoms with Crippen molar-refractivity contribution in [3.63, 3.8) is 0 Å². The zero-order valence-corrected chi connectivity index (χ0v) is 23.4. The molecule has 0 spiro atoms. The standard InChI is InChI=1S/C22H29N5O6S2.2ClH/c1-34(29,30)20-15-16(21(28)26-22(23)24)5-10-19(20)33-17-6-8-18(9-7-17)35(31,32)25-11-14-27-12-3-2-4-13-27;;/h5-10,15,25H,2-4,11-14H2,1H3,(H4,23,24,26,28);2*1H. The fourth-order valence-corrected chi connectivity index (χ4v) is 5.45. The maximum absolute atomic E-state index is 12.6. The van der Waals surface area contributed by atoms with Crippen molar-refractivity contribution < 1.29 is 26.4 Å². The fourth-order valence-electron chi connectivity index (χ4n) is 3.62. The van der Waals surface area contributed by atoms with Gasteiger partial charge in [-0.15, -0.1) is 24.8 Å². The summed E-state index contributed by atoms with van der Waals surface area (Å²) >= 11 is 0. The lowest BCUT2D eigenvalue weighted by Gasteiger charge is -2.26. The van der Waals surface area contributed by atoms with Crippen LogP contribution >= 0.6 is 24.8 Å². The van der Waals surface area contributed by atoms with Crippen molar-refractivity contribution in [1.82, 2.24) is 9.62 Å². The third kappa shape index (κ3) is 9.43. The number of sulfone groups is 1. The molecule has 2 aromatic carbocycles. The molecular weight excluding hydrogens is 565 g/mol. The van der Waals surface area contributed by atoms with Gasteiger partial charge >= 0.3 is 0 Å². The maximum Gasteiger partial charge on any atom is 0.280 e. The number of piperidine rings is 1. The van der Waals surface area contributed by atoms with Crippen LogP contribution in [0.1, 0.15) is 29.6 Å². The van der Waals surface area contributed by atoms with Crippen LogP contribution in [0, 0.1) is 0 Å². The number of guanidine groups is 1. The number of hydrogen-bond acceptors (Lipinski definition) is 7. The van der Waals surface area contributed by atoms with E-state index in [0.29, 0.717) is 13.1 Å². The predicted octanol–water partition coefficient (Wildman–Crippen LogP) is 1.90. The van der Waals surface area contributed by atoms with Crippen molar-refractivity contribution >= 4 is 56.5 Å². The van der Waals surface area contributed by atoms with Crippen LogP contribution in [0.3, 0.4) is 0 Å². The second-order valence-electron chi connectivity index (χ2n) is 8.15. The highest BCUT2D eigenvalue weighted by atomic mass is 35.5. The molecule has 1 fully saturated rings. The van der Waals surface area contributed by atoms with Gasteiger partial charge < -0.3 is 21.1 Å². The number of likely N-dealkylation sites (tertiary alicyclic amines) is 1. The molecule has 2 aromatic rings. The number of sulfonamides is 1. The lowest BCUT2D eigenvalue weighted by atomic mass is 10.1. The summed E-state index contributed by atoms with van der Waals surface area (Å²) in [6.45, 7) is 2.92. The van der Waals surface area contributed by atoms with Gasteiger partial charge in [-0.05, 0) is 68.4 Å². The van der Waals surface area contributed by atoms with Crippen LogP contribution in [0.4, 0.5) is 0 Å². The minimum absolute atomic E-state index is 0. The van der Waals surface area contributed by atoms with Crippen molar-refractivity contribution in [3.05, 3.63) is 48.0 Å². The van der Waals surface area contributed by atoms with E-state index in [1.807, 2.05) is 0 Å². The van der Waals surface area contributed by atoms with E-state index >= 15 is 0 Å². The first-order valence-corrected chi connectivity index (χ1v) is 14.3. The Morgan fingerprint density at radius 1 is 1.00 bits per heavy atom. The summed E-state index contributed by atoms with van der Waals surface area (Å²) in [6.07, 6.45) is 4.44. The number of nitrogens with zero attached hydrogens (tertiary/aromatic N) is 2. The molecule has 0 radical (unpaired) electrons. The van der Waals surface area contributed by atoms with E-state index in [1.54, 1.807) is 0 Å². The summed E-state index contributed by atoms with van der Waals surface area (Å²) in [5.41, 5.74) is 10.4. The van der Waals surface area contributed by atoms with Gasteiger partial charge in [0.05, 0.1) is 4.90 Å². The Labute approximate surface area is 229 Å². The number of halogens is 2. The van der Waals surface area contributed by atoms with Crippen LogP contribution in [0.2, 0.25) is 0 Å². The van der Waals surface area contributed by atoms with Gasteiger partial charge in [0.2, 0.25) is 10.0 Å². The topological polar surface area (TPSA) is 174 Å². The summed E-state index contributed by atoms with van der Waals surface area (Å²) in [5.74, 6) is -1.08. The summed E-state index contributed by atoms with van der Waals surface area (Å²) in [6, 6.07) is 9.32. The number of aliphatic imine (C=N–C) groups is 1. The van der Waals surface area contributed by atoms with Gasteiger partial charge in [-0.2, -0.15) is 4.99 Å². The van der Waals surface area contributed by atoms with Crippen molar-refractivity contribution in [2.24, 2.45) is 16.5 Å². The quantitative estimate of drug-likeness (QED) is 0.289. The highest BCUT2D eigenvalue weighted by Gasteiger charge is 2.20. The van der Waals surface area contributed by atoms with Crippen molar-refractivity contribution in [2.75, 3.05) is 32.4 Å². The molecule has 1 saturated heterocycles. The number of amides is 1. The Balaban J connectivity index is 0.00000342. The molecule has 0 aliphatic carbocycles. The fraction of sp³-hybridized carbons (Fsp3) is 0.364. The van der Waals surface area contributed by atoms with Crippen LogP contribution in [-0.4, -0.2) is 66.0 Å². The summed E-state index contributed by atoms with van der Waals surface area (Å²) in [5, 5.41) is 0. The van der Waals surface area contributed by atoms with Crippen LogP contribution in [0.15, 0.2) is 57.2 Å². The summed E-state index contributed by atoms with van der Waals surface area (Å²) < 4.78 is 58.0. The smallest absolute Gasteiger partial charge is 0.280 e. The highest BCUT2D eigenvalue weighted by molar-refractivity contribution is 7.90. The monoisotopic (exact) mass is 595 g/mol. The van der Waals surface area contributed by atoms with Crippen LogP contribution in [-0.2, 0) is 19.9 Å².